The van der Waals surface area contributed by atoms with Gasteiger partial charge in [-0.1, -0.05) is 25.1 Å². The smallest absolute Gasteiger partial charge is 0.229 e. The molecule has 1 aromatic heterocycles. The molecule has 0 bridgehead atoms. The van der Waals surface area contributed by atoms with E-state index in [1.54, 1.807) is 0 Å². The Bertz CT molecular complexity index is 620. The third kappa shape index (κ3) is 3.36. The number of piperazine rings is 1. The van der Waals surface area contributed by atoms with Crippen molar-refractivity contribution in [2.45, 2.75) is 13.3 Å². The first kappa shape index (κ1) is 14.8. The lowest BCUT2D eigenvalue weighted by molar-refractivity contribution is 0.312. The molecule has 0 saturated carbocycles. The van der Waals surface area contributed by atoms with Crippen molar-refractivity contribution < 1.29 is 0 Å². The molecule has 0 atom stereocenters. The van der Waals surface area contributed by atoms with Crippen LogP contribution in [-0.4, -0.2) is 48.1 Å². The number of rotatable bonds is 4. The highest BCUT2D eigenvalue weighted by atomic mass is 15.3. The molecule has 5 nitrogen and oxygen atoms in total. The van der Waals surface area contributed by atoms with Gasteiger partial charge in [0.15, 0.2) is 0 Å². The lowest BCUT2D eigenvalue weighted by atomic mass is 10.1. The normalized spacial score (nSPS) is 15.8. The number of benzene rings is 1. The van der Waals surface area contributed by atoms with E-state index in [1.165, 1.54) is 5.56 Å². The topological polar surface area (TPSA) is 44.3 Å². The van der Waals surface area contributed by atoms with Gasteiger partial charge in [-0.15, -0.1) is 0 Å². The van der Waals surface area contributed by atoms with Gasteiger partial charge in [0, 0.05) is 38.1 Å². The van der Waals surface area contributed by atoms with Crippen LogP contribution in [0.2, 0.25) is 0 Å². The maximum Gasteiger partial charge on any atom is 0.229 e. The predicted octanol–water partition coefficient (Wildman–Crippen LogP) is 2.53. The molecule has 2 aromatic rings. The van der Waals surface area contributed by atoms with E-state index in [0.717, 1.165) is 44.1 Å². The van der Waals surface area contributed by atoms with Crippen molar-refractivity contribution in [3.05, 3.63) is 42.1 Å². The number of anilines is 3. The van der Waals surface area contributed by atoms with Gasteiger partial charge >= 0.3 is 0 Å². The Balaban J connectivity index is 1.76. The van der Waals surface area contributed by atoms with Gasteiger partial charge in [0.2, 0.25) is 5.95 Å². The number of likely N-dealkylation sites (N-methyl/N-ethyl adjacent to an activating group) is 1. The molecule has 0 amide bonds. The SMILES string of the molecule is CCc1ccccc1Nc1nccc(N2CCN(C)CC2)n1. The molecular formula is C17H23N5. The minimum Gasteiger partial charge on any atom is -0.354 e. The van der Waals surface area contributed by atoms with Crippen LogP contribution in [0.3, 0.4) is 0 Å². The summed E-state index contributed by atoms with van der Waals surface area (Å²) in [7, 11) is 2.16. The second kappa shape index (κ2) is 6.75. The third-order valence-corrected chi connectivity index (χ3v) is 4.11. The van der Waals surface area contributed by atoms with E-state index in [2.05, 4.69) is 57.3 Å². The molecule has 0 aliphatic carbocycles. The van der Waals surface area contributed by atoms with Gasteiger partial charge in [-0.2, -0.15) is 4.98 Å². The fraction of sp³-hybridized carbons (Fsp3) is 0.412. The number of hydrogen-bond acceptors (Lipinski definition) is 5. The van der Waals surface area contributed by atoms with Crippen molar-refractivity contribution in [1.82, 2.24) is 14.9 Å². The average Bonchev–Trinajstić information content (AvgIpc) is 2.56. The lowest BCUT2D eigenvalue weighted by Gasteiger charge is -2.33. The van der Waals surface area contributed by atoms with Crippen LogP contribution in [-0.2, 0) is 6.42 Å². The molecule has 22 heavy (non-hydrogen) atoms. The number of nitrogens with zero attached hydrogens (tertiary/aromatic N) is 4. The molecule has 0 spiro atoms. The van der Waals surface area contributed by atoms with E-state index in [0.29, 0.717) is 5.95 Å². The zero-order valence-electron chi connectivity index (χ0n) is 13.3. The average molecular weight is 297 g/mol. The monoisotopic (exact) mass is 297 g/mol. The second-order valence-electron chi connectivity index (χ2n) is 5.66. The van der Waals surface area contributed by atoms with Crippen molar-refractivity contribution in [3.8, 4) is 0 Å². The second-order valence-corrected chi connectivity index (χ2v) is 5.66. The summed E-state index contributed by atoms with van der Waals surface area (Å²) in [5.41, 5.74) is 2.36. The summed E-state index contributed by atoms with van der Waals surface area (Å²) in [6.45, 7) is 6.33. The highest BCUT2D eigenvalue weighted by molar-refractivity contribution is 5.59. The Hall–Kier alpha value is -2.14. The molecule has 3 rings (SSSR count). The van der Waals surface area contributed by atoms with Crippen LogP contribution in [0.25, 0.3) is 0 Å². The van der Waals surface area contributed by atoms with Crippen LogP contribution in [0.1, 0.15) is 12.5 Å². The van der Waals surface area contributed by atoms with Crippen LogP contribution >= 0.6 is 0 Å². The first-order valence-electron chi connectivity index (χ1n) is 7.87. The van der Waals surface area contributed by atoms with Gasteiger partial charge in [-0.3, -0.25) is 0 Å². The van der Waals surface area contributed by atoms with Gasteiger partial charge in [0.05, 0.1) is 0 Å². The number of nitrogens with one attached hydrogen (secondary N) is 1. The van der Waals surface area contributed by atoms with Gasteiger partial charge in [-0.05, 0) is 31.2 Å². The van der Waals surface area contributed by atoms with Crippen molar-refractivity contribution in [2.75, 3.05) is 43.4 Å². The number of para-hydroxylation sites is 1. The first-order valence-corrected chi connectivity index (χ1v) is 7.87. The molecule has 1 aliphatic heterocycles. The maximum absolute atomic E-state index is 4.68. The quantitative estimate of drug-likeness (QED) is 0.939. The number of aryl methyl sites for hydroxylation is 1. The van der Waals surface area contributed by atoms with Crippen LogP contribution in [0.15, 0.2) is 36.5 Å². The molecule has 116 valence electrons. The zero-order chi connectivity index (χ0) is 15.4. The first-order chi connectivity index (χ1) is 10.8. The molecule has 1 fully saturated rings. The molecule has 1 saturated heterocycles. The van der Waals surface area contributed by atoms with E-state index in [-0.39, 0.29) is 0 Å². The van der Waals surface area contributed by atoms with Crippen LogP contribution in [0, 0.1) is 0 Å². The summed E-state index contributed by atoms with van der Waals surface area (Å²) in [6.07, 6.45) is 2.82. The number of hydrogen-bond donors (Lipinski definition) is 1. The molecule has 0 radical (unpaired) electrons. The molecule has 2 heterocycles. The summed E-state index contributed by atoms with van der Waals surface area (Å²) in [6, 6.07) is 10.3. The molecule has 5 heteroatoms. The van der Waals surface area contributed by atoms with Crippen molar-refractivity contribution in [3.63, 3.8) is 0 Å². The Morgan fingerprint density at radius 2 is 1.86 bits per heavy atom. The number of aromatic nitrogens is 2. The van der Waals surface area contributed by atoms with E-state index in [9.17, 15) is 0 Å². The predicted molar refractivity (Wildman–Crippen MR) is 90.8 cm³/mol. The van der Waals surface area contributed by atoms with Crippen molar-refractivity contribution in [1.29, 1.82) is 0 Å². The zero-order valence-corrected chi connectivity index (χ0v) is 13.3. The Morgan fingerprint density at radius 3 is 2.64 bits per heavy atom. The standard InChI is InChI=1S/C17H23N5/c1-3-14-6-4-5-7-15(14)19-17-18-9-8-16(20-17)22-12-10-21(2)11-13-22/h4-9H,3,10-13H2,1-2H3,(H,18,19,20). The largest absolute Gasteiger partial charge is 0.354 e. The van der Waals surface area contributed by atoms with E-state index in [1.807, 2.05) is 18.3 Å². The lowest BCUT2D eigenvalue weighted by Crippen LogP contribution is -2.44. The van der Waals surface area contributed by atoms with Gasteiger partial charge < -0.3 is 15.1 Å². The van der Waals surface area contributed by atoms with Crippen molar-refractivity contribution in [2.24, 2.45) is 0 Å². The Morgan fingerprint density at radius 1 is 1.09 bits per heavy atom. The minimum absolute atomic E-state index is 0.664. The summed E-state index contributed by atoms with van der Waals surface area (Å²) in [5, 5.41) is 3.35. The fourth-order valence-corrected chi connectivity index (χ4v) is 2.69. The van der Waals surface area contributed by atoms with E-state index >= 15 is 0 Å². The summed E-state index contributed by atoms with van der Waals surface area (Å²) < 4.78 is 0. The minimum atomic E-state index is 0.664. The summed E-state index contributed by atoms with van der Waals surface area (Å²) in [4.78, 5) is 13.7. The Labute approximate surface area is 132 Å². The van der Waals surface area contributed by atoms with Gasteiger partial charge in [0.25, 0.3) is 0 Å². The highest BCUT2D eigenvalue weighted by Gasteiger charge is 2.15. The molecule has 1 aromatic carbocycles. The molecular weight excluding hydrogens is 274 g/mol. The molecule has 1 aliphatic rings. The van der Waals surface area contributed by atoms with Crippen LogP contribution in [0.4, 0.5) is 17.5 Å². The molecule has 0 unspecified atom stereocenters. The maximum atomic E-state index is 4.68. The van der Waals surface area contributed by atoms with E-state index in [4.69, 9.17) is 0 Å². The van der Waals surface area contributed by atoms with Crippen LogP contribution in [0.5, 0.6) is 0 Å². The summed E-state index contributed by atoms with van der Waals surface area (Å²) in [5.74, 6) is 1.66. The third-order valence-electron chi connectivity index (χ3n) is 4.11. The van der Waals surface area contributed by atoms with Gasteiger partial charge in [-0.25, -0.2) is 4.98 Å². The van der Waals surface area contributed by atoms with Gasteiger partial charge in [0.1, 0.15) is 5.82 Å². The van der Waals surface area contributed by atoms with Crippen LogP contribution < -0.4 is 10.2 Å². The Kier molecular flexibility index (Phi) is 4.53. The fourth-order valence-electron chi connectivity index (χ4n) is 2.69. The van der Waals surface area contributed by atoms with E-state index < -0.39 is 0 Å². The summed E-state index contributed by atoms with van der Waals surface area (Å²) >= 11 is 0. The van der Waals surface area contributed by atoms with Crippen molar-refractivity contribution >= 4 is 17.5 Å². The highest BCUT2D eigenvalue weighted by Crippen LogP contribution is 2.21. The molecule has 1 N–H and O–H groups in total.